The molecule has 0 saturated heterocycles. The summed E-state index contributed by atoms with van der Waals surface area (Å²) < 4.78 is 26.7. The molecule has 0 radical (unpaired) electrons. The Labute approximate surface area is 112 Å². The SMILES string of the molecule is CCCCNS(=O)(=O)c1cc(C(=O)O)ccc1NC. The number of nitrogens with one attached hydrogen (secondary N) is 2. The lowest BCUT2D eigenvalue weighted by Crippen LogP contribution is -2.25. The number of rotatable bonds is 7. The van der Waals surface area contributed by atoms with Gasteiger partial charge in [-0.25, -0.2) is 17.9 Å². The van der Waals surface area contributed by atoms with E-state index in [0.717, 1.165) is 18.9 Å². The maximum atomic E-state index is 12.1. The molecule has 0 heterocycles. The molecule has 1 aromatic rings. The van der Waals surface area contributed by atoms with Gasteiger partial charge >= 0.3 is 5.97 Å². The van der Waals surface area contributed by atoms with Crippen molar-refractivity contribution in [2.24, 2.45) is 0 Å². The van der Waals surface area contributed by atoms with Crippen LogP contribution in [0.4, 0.5) is 5.69 Å². The topological polar surface area (TPSA) is 95.5 Å². The van der Waals surface area contributed by atoms with E-state index in [1.165, 1.54) is 12.1 Å². The third kappa shape index (κ3) is 3.93. The summed E-state index contributed by atoms with van der Waals surface area (Å²) in [7, 11) is -2.12. The zero-order chi connectivity index (χ0) is 14.5. The summed E-state index contributed by atoms with van der Waals surface area (Å²) in [4.78, 5) is 10.9. The molecule has 6 nitrogen and oxygen atoms in total. The van der Waals surface area contributed by atoms with Crippen LogP contribution in [0.25, 0.3) is 0 Å². The van der Waals surface area contributed by atoms with Crippen LogP contribution < -0.4 is 10.0 Å². The standard InChI is InChI=1S/C12H18N2O4S/c1-3-4-7-14-19(17,18)11-8-9(12(15)16)5-6-10(11)13-2/h5-6,8,13-14H,3-4,7H2,1-2H3,(H,15,16). The van der Waals surface area contributed by atoms with Gasteiger partial charge in [0.15, 0.2) is 0 Å². The molecule has 1 aromatic carbocycles. The lowest BCUT2D eigenvalue weighted by molar-refractivity contribution is 0.0696. The number of benzene rings is 1. The van der Waals surface area contributed by atoms with Gasteiger partial charge < -0.3 is 10.4 Å². The first-order valence-corrected chi connectivity index (χ1v) is 7.45. The second kappa shape index (κ2) is 6.53. The van der Waals surface area contributed by atoms with Gasteiger partial charge in [0.2, 0.25) is 10.0 Å². The van der Waals surface area contributed by atoms with E-state index in [1.54, 1.807) is 7.05 Å². The molecule has 0 unspecified atom stereocenters. The number of carbonyl (C=O) groups is 1. The first-order valence-electron chi connectivity index (χ1n) is 5.97. The molecule has 0 amide bonds. The molecule has 1 rings (SSSR count). The largest absolute Gasteiger partial charge is 0.478 e. The van der Waals surface area contributed by atoms with E-state index in [-0.39, 0.29) is 10.5 Å². The number of carboxylic acids is 1. The highest BCUT2D eigenvalue weighted by Gasteiger charge is 2.19. The van der Waals surface area contributed by atoms with Crippen LogP contribution in [0.15, 0.2) is 23.1 Å². The quantitative estimate of drug-likeness (QED) is 0.660. The number of sulfonamides is 1. The van der Waals surface area contributed by atoms with Crippen LogP contribution in [0.5, 0.6) is 0 Å². The van der Waals surface area contributed by atoms with E-state index in [0.29, 0.717) is 12.2 Å². The summed E-state index contributed by atoms with van der Waals surface area (Å²) in [6.07, 6.45) is 1.60. The van der Waals surface area contributed by atoms with E-state index in [4.69, 9.17) is 5.11 Å². The molecule has 0 aliphatic carbocycles. The Bertz CT molecular complexity index is 555. The second-order valence-corrected chi connectivity index (χ2v) is 5.75. The molecule has 0 spiro atoms. The first-order chi connectivity index (χ1) is 8.92. The van der Waals surface area contributed by atoms with Crippen molar-refractivity contribution in [2.75, 3.05) is 18.9 Å². The summed E-state index contributed by atoms with van der Waals surface area (Å²) in [5.74, 6) is -1.16. The van der Waals surface area contributed by atoms with Crippen LogP contribution in [0, 0.1) is 0 Å². The van der Waals surface area contributed by atoms with Gasteiger partial charge in [0.05, 0.1) is 11.3 Å². The highest BCUT2D eigenvalue weighted by Crippen LogP contribution is 2.22. The van der Waals surface area contributed by atoms with Crippen LogP contribution in [-0.4, -0.2) is 33.1 Å². The summed E-state index contributed by atoms with van der Waals surface area (Å²) >= 11 is 0. The molecule has 0 saturated carbocycles. The third-order valence-corrected chi connectivity index (χ3v) is 4.11. The average Bonchev–Trinajstić information content (AvgIpc) is 2.38. The van der Waals surface area contributed by atoms with Gasteiger partial charge in [-0.1, -0.05) is 13.3 Å². The summed E-state index contributed by atoms with van der Waals surface area (Å²) in [5.41, 5.74) is 0.309. The number of carboxylic acid groups (broad SMARTS) is 1. The number of hydrogen-bond donors (Lipinski definition) is 3. The Kier molecular flexibility index (Phi) is 5.31. The van der Waals surface area contributed by atoms with Gasteiger partial charge in [-0.15, -0.1) is 0 Å². The summed E-state index contributed by atoms with van der Waals surface area (Å²) in [6.45, 7) is 2.29. The lowest BCUT2D eigenvalue weighted by atomic mass is 10.2. The van der Waals surface area contributed by atoms with Gasteiger partial charge in [0.1, 0.15) is 4.90 Å². The Morgan fingerprint density at radius 3 is 2.58 bits per heavy atom. The zero-order valence-corrected chi connectivity index (χ0v) is 11.8. The average molecular weight is 286 g/mol. The monoisotopic (exact) mass is 286 g/mol. The Hall–Kier alpha value is -1.60. The van der Waals surface area contributed by atoms with Crippen molar-refractivity contribution in [1.29, 1.82) is 0 Å². The number of aromatic carboxylic acids is 1. The molecule has 0 aliphatic rings. The Morgan fingerprint density at radius 2 is 2.05 bits per heavy atom. The van der Waals surface area contributed by atoms with Crippen LogP contribution in [0.2, 0.25) is 0 Å². The van der Waals surface area contributed by atoms with Crippen molar-refractivity contribution < 1.29 is 18.3 Å². The molecule has 7 heteroatoms. The fourth-order valence-corrected chi connectivity index (χ4v) is 2.86. The fourth-order valence-electron chi connectivity index (χ4n) is 1.55. The minimum atomic E-state index is -3.71. The van der Waals surface area contributed by atoms with Crippen molar-refractivity contribution in [3.8, 4) is 0 Å². The number of unbranched alkanes of at least 4 members (excludes halogenated alkanes) is 1. The van der Waals surface area contributed by atoms with E-state index >= 15 is 0 Å². The smallest absolute Gasteiger partial charge is 0.335 e. The summed E-state index contributed by atoms with van der Waals surface area (Å²) in [6, 6.07) is 3.96. The highest BCUT2D eigenvalue weighted by atomic mass is 32.2. The highest BCUT2D eigenvalue weighted by molar-refractivity contribution is 7.89. The number of anilines is 1. The second-order valence-electron chi connectivity index (χ2n) is 4.02. The van der Waals surface area contributed by atoms with Crippen molar-refractivity contribution in [3.63, 3.8) is 0 Å². The van der Waals surface area contributed by atoms with Gasteiger partial charge in [0.25, 0.3) is 0 Å². The Balaban J connectivity index is 3.15. The van der Waals surface area contributed by atoms with Crippen LogP contribution in [0.1, 0.15) is 30.1 Å². The van der Waals surface area contributed by atoms with Crippen LogP contribution in [0.3, 0.4) is 0 Å². The van der Waals surface area contributed by atoms with Crippen molar-refractivity contribution in [2.45, 2.75) is 24.7 Å². The fraction of sp³-hybridized carbons (Fsp3) is 0.417. The first kappa shape index (κ1) is 15.5. The molecule has 3 N–H and O–H groups in total. The molecule has 0 atom stereocenters. The van der Waals surface area contributed by atoms with Crippen molar-refractivity contribution in [3.05, 3.63) is 23.8 Å². The van der Waals surface area contributed by atoms with Crippen molar-refractivity contribution >= 4 is 21.7 Å². The van der Waals surface area contributed by atoms with Gasteiger partial charge in [-0.3, -0.25) is 0 Å². The molecule has 19 heavy (non-hydrogen) atoms. The van der Waals surface area contributed by atoms with Gasteiger partial charge in [-0.2, -0.15) is 0 Å². The minimum Gasteiger partial charge on any atom is -0.478 e. The molecular weight excluding hydrogens is 268 g/mol. The molecule has 0 aromatic heterocycles. The van der Waals surface area contributed by atoms with E-state index in [1.807, 2.05) is 6.92 Å². The normalized spacial score (nSPS) is 11.3. The molecule has 0 aliphatic heterocycles. The predicted molar refractivity (Wildman–Crippen MR) is 73.0 cm³/mol. The minimum absolute atomic E-state index is 0.0500. The van der Waals surface area contributed by atoms with Crippen LogP contribution >= 0.6 is 0 Å². The van der Waals surface area contributed by atoms with Gasteiger partial charge in [-0.05, 0) is 24.6 Å². The predicted octanol–water partition coefficient (Wildman–Crippen LogP) is 1.50. The van der Waals surface area contributed by atoms with E-state index < -0.39 is 16.0 Å². The van der Waals surface area contributed by atoms with Gasteiger partial charge in [0, 0.05) is 13.6 Å². The molecule has 106 valence electrons. The molecule has 0 bridgehead atoms. The van der Waals surface area contributed by atoms with Crippen molar-refractivity contribution in [1.82, 2.24) is 4.72 Å². The zero-order valence-electron chi connectivity index (χ0n) is 10.9. The summed E-state index contributed by atoms with van der Waals surface area (Å²) in [5, 5.41) is 11.7. The third-order valence-electron chi connectivity index (χ3n) is 2.61. The Morgan fingerprint density at radius 1 is 1.37 bits per heavy atom. The maximum absolute atomic E-state index is 12.1. The van der Waals surface area contributed by atoms with E-state index in [2.05, 4.69) is 10.0 Å². The number of hydrogen-bond acceptors (Lipinski definition) is 4. The van der Waals surface area contributed by atoms with E-state index in [9.17, 15) is 13.2 Å². The maximum Gasteiger partial charge on any atom is 0.335 e. The molecule has 0 fully saturated rings. The lowest BCUT2D eigenvalue weighted by Gasteiger charge is -2.11. The van der Waals surface area contributed by atoms with Crippen LogP contribution in [-0.2, 0) is 10.0 Å². The molecular formula is C12H18N2O4S.